The first-order valence-corrected chi connectivity index (χ1v) is 4.33. The molecular weight excluding hydrogens is 232 g/mol. The van der Waals surface area contributed by atoms with Crippen molar-refractivity contribution in [1.82, 2.24) is 5.43 Å². The minimum Gasteiger partial charge on any atom is -0.265 e. The van der Waals surface area contributed by atoms with Gasteiger partial charge < -0.3 is 0 Å². The summed E-state index contributed by atoms with van der Waals surface area (Å²) in [6.07, 6.45) is 0. The highest BCUT2D eigenvalue weighted by Crippen LogP contribution is 2.22. The Bertz CT molecular complexity index is 462. The Morgan fingerprint density at radius 2 is 1.76 bits per heavy atom. The van der Waals surface area contributed by atoms with Crippen molar-refractivity contribution in [3.05, 3.63) is 56.1 Å². The second-order valence-corrected chi connectivity index (χ2v) is 3.04. The summed E-state index contributed by atoms with van der Waals surface area (Å²) < 4.78 is 0. The van der Waals surface area contributed by atoms with E-state index in [-0.39, 0.29) is 5.56 Å². The molecule has 1 amide bonds. The molecule has 1 rings (SSSR count). The summed E-state index contributed by atoms with van der Waals surface area (Å²) in [5.41, 5.74) is -1.36. The van der Waals surface area contributed by atoms with E-state index in [1.54, 1.807) is 11.5 Å². The summed E-state index contributed by atoms with van der Waals surface area (Å²) in [4.78, 5) is 30.2. The number of nitrogens with two attached hydrogens (primary N) is 1. The number of benzene rings is 1. The first kappa shape index (κ1) is 12.7. The lowest BCUT2D eigenvalue weighted by molar-refractivity contribution is -0.592. The molecule has 3 N–H and O–H groups in total. The van der Waals surface area contributed by atoms with Crippen LogP contribution in [0.3, 0.4) is 0 Å². The zero-order valence-corrected chi connectivity index (χ0v) is 8.40. The topological polar surface area (TPSA) is 141 Å². The first-order chi connectivity index (χ1) is 7.96. The van der Waals surface area contributed by atoms with Gasteiger partial charge in [0.1, 0.15) is 4.92 Å². The number of rotatable bonds is 4. The molecule has 0 bridgehead atoms. The van der Waals surface area contributed by atoms with E-state index < -0.39 is 21.4 Å². The molecule has 0 spiro atoms. The lowest BCUT2D eigenvalue weighted by Crippen LogP contribution is -2.60. The Morgan fingerprint density at radius 3 is 2.12 bits per heavy atom. The van der Waals surface area contributed by atoms with Crippen LogP contribution in [0.25, 0.3) is 0 Å². The van der Waals surface area contributed by atoms with Crippen LogP contribution in [0.2, 0.25) is 0 Å². The van der Waals surface area contributed by atoms with E-state index in [4.69, 9.17) is 5.84 Å². The van der Waals surface area contributed by atoms with Gasteiger partial charge in [0.15, 0.2) is 0 Å². The highest BCUT2D eigenvalue weighted by molar-refractivity contribution is 5.78. The van der Waals surface area contributed by atoms with Gasteiger partial charge in [0.2, 0.25) is 0 Å². The van der Waals surface area contributed by atoms with Gasteiger partial charge in [-0.15, -0.1) is 0 Å². The maximum Gasteiger partial charge on any atom is 0.544 e. The third-order valence-corrected chi connectivity index (χ3v) is 2.15. The van der Waals surface area contributed by atoms with Gasteiger partial charge in [-0.25, -0.2) is 4.79 Å². The van der Waals surface area contributed by atoms with Crippen LogP contribution in [0.15, 0.2) is 30.3 Å². The van der Waals surface area contributed by atoms with Crippen LogP contribution in [0.4, 0.5) is 0 Å². The van der Waals surface area contributed by atoms with E-state index in [9.17, 15) is 25.0 Å². The summed E-state index contributed by atoms with van der Waals surface area (Å²) >= 11 is 0. The molecule has 90 valence electrons. The van der Waals surface area contributed by atoms with Gasteiger partial charge in [0.25, 0.3) is 0 Å². The predicted molar refractivity (Wildman–Crippen MR) is 54.4 cm³/mol. The van der Waals surface area contributed by atoms with Gasteiger partial charge in [0, 0.05) is 0 Å². The number of hydrogen-bond donors (Lipinski definition) is 2. The molecule has 1 aromatic carbocycles. The lowest BCUT2D eigenvalue weighted by Gasteiger charge is -2.17. The number of carbonyl (C=O) groups excluding carboxylic acids is 1. The van der Waals surface area contributed by atoms with Crippen molar-refractivity contribution in [2.24, 2.45) is 5.84 Å². The molecule has 0 heterocycles. The molecule has 1 aromatic rings. The third-order valence-electron chi connectivity index (χ3n) is 2.15. The summed E-state index contributed by atoms with van der Waals surface area (Å²) in [7, 11) is 0. The number of nitro groups is 2. The second-order valence-electron chi connectivity index (χ2n) is 3.04. The van der Waals surface area contributed by atoms with Crippen molar-refractivity contribution in [2.75, 3.05) is 0 Å². The summed E-state index contributed by atoms with van der Waals surface area (Å²) in [5.74, 6) is 3.11. The molecule has 0 aliphatic carbocycles. The van der Waals surface area contributed by atoms with Crippen molar-refractivity contribution in [3.8, 4) is 0 Å². The summed E-state index contributed by atoms with van der Waals surface area (Å²) in [5, 5.41) is 21.4. The second kappa shape index (κ2) is 4.63. The Morgan fingerprint density at radius 1 is 1.24 bits per heavy atom. The summed E-state index contributed by atoms with van der Waals surface area (Å²) in [6.45, 7) is 0. The zero-order chi connectivity index (χ0) is 13.1. The number of amides is 1. The van der Waals surface area contributed by atoms with Gasteiger partial charge >= 0.3 is 11.6 Å². The molecule has 1 atom stereocenters. The molecule has 0 radical (unpaired) electrons. The lowest BCUT2D eigenvalue weighted by atomic mass is 10.00. The summed E-state index contributed by atoms with van der Waals surface area (Å²) in [6, 6.07) is 6.74. The smallest absolute Gasteiger partial charge is 0.265 e. The van der Waals surface area contributed by atoms with Crippen LogP contribution in [0.1, 0.15) is 5.56 Å². The van der Waals surface area contributed by atoms with E-state index in [1.807, 2.05) is 0 Å². The molecule has 0 aliphatic heterocycles. The van der Waals surface area contributed by atoms with Crippen molar-refractivity contribution in [1.29, 1.82) is 0 Å². The standard InChI is InChI=1S/C8H8N4O5/c9-10-8(12(16)17,7(13)11(14)15)6-4-2-1-3-5-6/h1-5,10H,9H2. The minimum atomic E-state index is -2.77. The zero-order valence-electron chi connectivity index (χ0n) is 8.40. The number of hydrogen-bond acceptors (Lipinski definition) is 7. The van der Waals surface area contributed by atoms with Gasteiger partial charge in [-0.3, -0.25) is 26.1 Å². The monoisotopic (exact) mass is 240 g/mol. The van der Waals surface area contributed by atoms with E-state index in [2.05, 4.69) is 0 Å². The molecule has 0 aromatic heterocycles. The van der Waals surface area contributed by atoms with E-state index in [0.717, 1.165) is 0 Å². The average molecular weight is 240 g/mol. The highest BCUT2D eigenvalue weighted by Gasteiger charge is 2.60. The fourth-order valence-corrected chi connectivity index (χ4v) is 1.32. The van der Waals surface area contributed by atoms with Crippen molar-refractivity contribution < 1.29 is 14.6 Å². The molecule has 0 aliphatic rings. The van der Waals surface area contributed by atoms with Gasteiger partial charge in [-0.1, -0.05) is 18.2 Å². The molecule has 9 nitrogen and oxygen atoms in total. The van der Waals surface area contributed by atoms with Crippen molar-refractivity contribution in [2.45, 2.75) is 5.66 Å². The Kier molecular flexibility index (Phi) is 3.46. The van der Waals surface area contributed by atoms with Gasteiger partial charge in [0.05, 0.1) is 10.5 Å². The van der Waals surface area contributed by atoms with Crippen molar-refractivity contribution >= 4 is 5.91 Å². The maximum absolute atomic E-state index is 11.4. The van der Waals surface area contributed by atoms with Crippen LogP contribution in [-0.2, 0) is 10.5 Å². The number of nitrogens with zero attached hydrogens (tertiary/aromatic N) is 2. The fourth-order valence-electron chi connectivity index (χ4n) is 1.32. The average Bonchev–Trinajstić information content (AvgIpc) is 2.31. The van der Waals surface area contributed by atoms with Crippen LogP contribution in [0.5, 0.6) is 0 Å². The van der Waals surface area contributed by atoms with E-state index >= 15 is 0 Å². The fraction of sp³-hybridized carbons (Fsp3) is 0.125. The third kappa shape index (κ3) is 1.96. The number of carbonyl (C=O) groups is 1. The molecule has 0 fully saturated rings. The Hall–Kier alpha value is -2.39. The van der Waals surface area contributed by atoms with Crippen LogP contribution in [-0.4, -0.2) is 15.8 Å². The highest BCUT2D eigenvalue weighted by atomic mass is 16.7. The predicted octanol–water partition coefficient (Wildman–Crippen LogP) is -0.617. The molecular formula is C8H8N4O5. The van der Waals surface area contributed by atoms with Gasteiger partial charge in [-0.2, -0.15) is 5.43 Å². The molecule has 0 saturated carbocycles. The van der Waals surface area contributed by atoms with E-state index in [0.29, 0.717) is 0 Å². The SMILES string of the molecule is NNC(C(=O)[N+](=O)[O-])(c1ccccc1)[N+](=O)[O-]. The molecule has 9 heteroatoms. The first-order valence-electron chi connectivity index (χ1n) is 4.33. The normalized spacial score (nSPS) is 13.7. The molecule has 17 heavy (non-hydrogen) atoms. The quantitative estimate of drug-likeness (QED) is 0.309. The van der Waals surface area contributed by atoms with Crippen LogP contribution < -0.4 is 11.3 Å². The number of nitrogens with one attached hydrogen (secondary N) is 1. The Labute approximate surface area is 94.5 Å². The minimum absolute atomic E-state index is 0.214. The number of hydrazine groups is 1. The van der Waals surface area contributed by atoms with E-state index in [1.165, 1.54) is 24.3 Å². The molecule has 1 unspecified atom stereocenters. The van der Waals surface area contributed by atoms with Crippen LogP contribution >= 0.6 is 0 Å². The van der Waals surface area contributed by atoms with Crippen molar-refractivity contribution in [3.63, 3.8) is 0 Å². The maximum atomic E-state index is 11.4. The largest absolute Gasteiger partial charge is 0.544 e. The molecule has 0 saturated heterocycles. The van der Waals surface area contributed by atoms with Crippen LogP contribution in [0, 0.1) is 20.2 Å². The van der Waals surface area contributed by atoms with Gasteiger partial charge in [-0.05, 0) is 12.1 Å². The Balaban J connectivity index is 3.44.